The summed E-state index contributed by atoms with van der Waals surface area (Å²) in [5, 5.41) is 2.63. The molecule has 1 rings (SSSR count). The molecule has 0 aliphatic heterocycles. The molecular weight excluding hydrogens is 295 g/mol. The van der Waals surface area contributed by atoms with Crippen LogP contribution < -0.4 is 11.1 Å². The Bertz CT molecular complexity index is 532. The van der Waals surface area contributed by atoms with Crippen LogP contribution in [0, 0.1) is 5.82 Å². The van der Waals surface area contributed by atoms with E-state index in [4.69, 9.17) is 5.73 Å². The Kier molecular flexibility index (Phi) is 8.65. The highest BCUT2D eigenvalue weighted by molar-refractivity contribution is 5.87. The number of primary amides is 1. The minimum atomic E-state index is -0.671. The van der Waals surface area contributed by atoms with Gasteiger partial charge in [0.05, 0.1) is 6.42 Å². The van der Waals surface area contributed by atoms with Crippen LogP contribution in [0.5, 0.6) is 0 Å². The van der Waals surface area contributed by atoms with Crippen molar-refractivity contribution in [2.75, 3.05) is 0 Å². The lowest BCUT2D eigenvalue weighted by Crippen LogP contribution is -2.44. The van der Waals surface area contributed by atoms with Gasteiger partial charge in [0.25, 0.3) is 0 Å². The van der Waals surface area contributed by atoms with Gasteiger partial charge in [-0.05, 0) is 37.0 Å². The number of amides is 2. The van der Waals surface area contributed by atoms with Crippen LogP contribution in [0.3, 0.4) is 0 Å². The zero-order chi connectivity index (χ0) is 17.1. The van der Waals surface area contributed by atoms with Gasteiger partial charge in [0, 0.05) is 0 Å². The van der Waals surface area contributed by atoms with Crippen LogP contribution in [0.25, 0.3) is 0 Å². The van der Waals surface area contributed by atoms with Crippen molar-refractivity contribution in [1.82, 2.24) is 5.32 Å². The number of hydrogen-bond donors (Lipinski definition) is 2. The smallest absolute Gasteiger partial charge is 0.239 e. The summed E-state index contributed by atoms with van der Waals surface area (Å²) >= 11 is 0. The first-order chi connectivity index (χ1) is 11.0. The van der Waals surface area contributed by atoms with Crippen molar-refractivity contribution in [3.63, 3.8) is 0 Å². The van der Waals surface area contributed by atoms with E-state index in [9.17, 15) is 14.0 Å². The van der Waals surface area contributed by atoms with Crippen LogP contribution in [-0.2, 0) is 16.0 Å². The number of benzene rings is 1. The molecule has 0 aliphatic rings. The molecule has 2 amide bonds. The number of nitrogens with one attached hydrogen (secondary N) is 1. The highest BCUT2D eigenvalue weighted by Crippen LogP contribution is 2.09. The highest BCUT2D eigenvalue weighted by atomic mass is 19.1. The lowest BCUT2D eigenvalue weighted by molar-refractivity contribution is -0.127. The van der Waals surface area contributed by atoms with Crippen LogP contribution in [0.2, 0.25) is 0 Å². The first kappa shape index (κ1) is 18.9. The van der Waals surface area contributed by atoms with Crippen molar-refractivity contribution in [3.05, 3.63) is 48.3 Å². The fraction of sp³-hybridized carbons (Fsp3) is 0.444. The number of hydrogen-bond acceptors (Lipinski definition) is 2. The standard InChI is InChI=1S/C18H25FN2O2/c1-2-3-4-5-6-7-11-16(18(20)23)21-17(22)13-14-9-8-10-15(19)12-14/h2,8-10,12,16H,1,3-7,11,13H2,(H2,20,23)(H,21,22)/t16-/m0/s1. The lowest BCUT2D eigenvalue weighted by Gasteiger charge is -2.15. The van der Waals surface area contributed by atoms with Gasteiger partial charge >= 0.3 is 0 Å². The van der Waals surface area contributed by atoms with Crippen LogP contribution >= 0.6 is 0 Å². The van der Waals surface area contributed by atoms with Crippen molar-refractivity contribution in [1.29, 1.82) is 0 Å². The van der Waals surface area contributed by atoms with E-state index >= 15 is 0 Å². The van der Waals surface area contributed by atoms with Crippen molar-refractivity contribution in [3.8, 4) is 0 Å². The monoisotopic (exact) mass is 320 g/mol. The number of nitrogens with two attached hydrogens (primary N) is 1. The normalized spacial score (nSPS) is 11.7. The fourth-order valence-electron chi connectivity index (χ4n) is 2.35. The fourth-order valence-corrected chi connectivity index (χ4v) is 2.35. The molecule has 4 nitrogen and oxygen atoms in total. The van der Waals surface area contributed by atoms with Crippen molar-refractivity contribution >= 4 is 11.8 Å². The predicted molar refractivity (Wildman–Crippen MR) is 89.1 cm³/mol. The number of rotatable bonds is 11. The molecule has 0 radical (unpaired) electrons. The molecule has 0 unspecified atom stereocenters. The topological polar surface area (TPSA) is 72.2 Å². The summed E-state index contributed by atoms with van der Waals surface area (Å²) in [4.78, 5) is 23.4. The second-order valence-electron chi connectivity index (χ2n) is 5.61. The molecule has 0 heterocycles. The van der Waals surface area contributed by atoms with Crippen LogP contribution in [0.1, 0.15) is 44.1 Å². The number of allylic oxidation sites excluding steroid dienone is 1. The summed E-state index contributed by atoms with van der Waals surface area (Å²) in [5.41, 5.74) is 5.90. The molecule has 0 fully saturated rings. The van der Waals surface area contributed by atoms with Gasteiger partial charge in [-0.1, -0.05) is 37.5 Å². The van der Waals surface area contributed by atoms with Gasteiger partial charge in [-0.3, -0.25) is 9.59 Å². The Labute approximate surface area is 136 Å². The summed E-state index contributed by atoms with van der Waals surface area (Å²) in [7, 11) is 0. The summed E-state index contributed by atoms with van der Waals surface area (Å²) in [6.07, 6.45) is 7.38. The van der Waals surface area contributed by atoms with Crippen LogP contribution in [0.4, 0.5) is 4.39 Å². The first-order valence-electron chi connectivity index (χ1n) is 7.97. The molecule has 0 bridgehead atoms. The lowest BCUT2D eigenvalue weighted by atomic mass is 10.0. The zero-order valence-corrected chi connectivity index (χ0v) is 13.4. The minimum Gasteiger partial charge on any atom is -0.368 e. The molecule has 3 N–H and O–H groups in total. The van der Waals surface area contributed by atoms with Crippen LogP contribution in [-0.4, -0.2) is 17.9 Å². The second-order valence-corrected chi connectivity index (χ2v) is 5.61. The molecule has 1 aromatic carbocycles. The summed E-state index contributed by atoms with van der Waals surface area (Å²) < 4.78 is 13.1. The second kappa shape index (κ2) is 10.5. The van der Waals surface area contributed by atoms with E-state index in [0.717, 1.165) is 32.1 Å². The number of unbranched alkanes of at least 4 members (excludes halogenated alkanes) is 4. The van der Waals surface area contributed by atoms with E-state index in [1.807, 2.05) is 6.08 Å². The van der Waals surface area contributed by atoms with E-state index in [2.05, 4.69) is 11.9 Å². The molecule has 0 saturated heterocycles. The molecular formula is C18H25FN2O2. The van der Waals surface area contributed by atoms with Gasteiger partial charge < -0.3 is 11.1 Å². The SMILES string of the molecule is C=CCCCCCC[C@H](NC(=O)Cc1cccc(F)c1)C(N)=O. The number of halogens is 1. The third kappa shape index (κ3) is 8.14. The molecule has 0 aromatic heterocycles. The molecule has 0 saturated carbocycles. The Morgan fingerprint density at radius 3 is 2.65 bits per heavy atom. The molecule has 1 atom stereocenters. The van der Waals surface area contributed by atoms with Gasteiger partial charge in [0.1, 0.15) is 11.9 Å². The van der Waals surface area contributed by atoms with Crippen molar-refractivity contribution in [2.45, 2.75) is 51.0 Å². The molecule has 126 valence electrons. The van der Waals surface area contributed by atoms with E-state index in [1.54, 1.807) is 12.1 Å². The maximum absolute atomic E-state index is 13.1. The van der Waals surface area contributed by atoms with Gasteiger partial charge in [0.2, 0.25) is 11.8 Å². The van der Waals surface area contributed by atoms with Gasteiger partial charge in [-0.25, -0.2) is 4.39 Å². The summed E-state index contributed by atoms with van der Waals surface area (Å²) in [5.74, 6) is -1.25. The van der Waals surface area contributed by atoms with Crippen molar-refractivity contribution < 1.29 is 14.0 Å². The van der Waals surface area contributed by atoms with Gasteiger partial charge in [-0.15, -0.1) is 6.58 Å². The Hall–Kier alpha value is -2.17. The molecule has 0 aliphatic carbocycles. The molecule has 0 spiro atoms. The Morgan fingerprint density at radius 2 is 2.00 bits per heavy atom. The molecule has 1 aromatic rings. The third-order valence-corrected chi connectivity index (χ3v) is 3.58. The highest BCUT2D eigenvalue weighted by Gasteiger charge is 2.17. The summed E-state index contributed by atoms with van der Waals surface area (Å²) in [6, 6.07) is 5.17. The third-order valence-electron chi connectivity index (χ3n) is 3.58. The Morgan fingerprint density at radius 1 is 1.26 bits per heavy atom. The average molecular weight is 320 g/mol. The minimum absolute atomic E-state index is 0.0286. The van der Waals surface area contributed by atoms with Crippen LogP contribution in [0.15, 0.2) is 36.9 Å². The summed E-state index contributed by atoms with van der Waals surface area (Å²) in [6.45, 7) is 3.67. The predicted octanol–water partition coefficient (Wildman–Crippen LogP) is 2.86. The molecule has 5 heteroatoms. The Balaban J connectivity index is 2.38. The van der Waals surface area contributed by atoms with E-state index in [-0.39, 0.29) is 18.1 Å². The largest absolute Gasteiger partial charge is 0.368 e. The molecule has 23 heavy (non-hydrogen) atoms. The maximum atomic E-state index is 13.1. The zero-order valence-electron chi connectivity index (χ0n) is 13.4. The van der Waals surface area contributed by atoms with E-state index in [0.29, 0.717) is 12.0 Å². The van der Waals surface area contributed by atoms with Crippen molar-refractivity contribution in [2.24, 2.45) is 5.73 Å². The van der Waals surface area contributed by atoms with E-state index in [1.165, 1.54) is 12.1 Å². The number of carbonyl (C=O) groups excluding carboxylic acids is 2. The number of carbonyl (C=O) groups is 2. The maximum Gasteiger partial charge on any atom is 0.239 e. The van der Waals surface area contributed by atoms with Gasteiger partial charge in [-0.2, -0.15) is 0 Å². The van der Waals surface area contributed by atoms with E-state index < -0.39 is 11.9 Å². The first-order valence-corrected chi connectivity index (χ1v) is 7.97. The van der Waals surface area contributed by atoms with Gasteiger partial charge in [0.15, 0.2) is 0 Å². The quantitative estimate of drug-likeness (QED) is 0.486. The average Bonchev–Trinajstić information content (AvgIpc) is 2.49.